The molecule has 5 aromatic rings. The number of aromatic nitrogens is 4. The van der Waals surface area contributed by atoms with Crippen molar-refractivity contribution >= 4 is 28.4 Å². The number of rotatable bonds is 4. The van der Waals surface area contributed by atoms with Gasteiger partial charge in [-0.2, -0.15) is 5.26 Å². The molecule has 0 aliphatic heterocycles. The maximum atomic E-state index is 13.4. The Morgan fingerprint density at radius 2 is 1.81 bits per heavy atom. The molecule has 0 spiro atoms. The number of para-hydroxylation sites is 2. The molecule has 0 amide bonds. The van der Waals surface area contributed by atoms with Gasteiger partial charge in [0.15, 0.2) is 5.16 Å². The van der Waals surface area contributed by atoms with E-state index in [-0.39, 0.29) is 5.56 Å². The van der Waals surface area contributed by atoms with Gasteiger partial charge in [0.05, 0.1) is 28.2 Å². The summed E-state index contributed by atoms with van der Waals surface area (Å²) >= 11 is 1.52. The van der Waals surface area contributed by atoms with Gasteiger partial charge in [-0.15, -0.1) is 10.2 Å². The predicted octanol–water partition coefficient (Wildman–Crippen LogP) is 4.51. The largest absolute Gasteiger partial charge is 0.268 e. The molecule has 2 aromatic heterocycles. The van der Waals surface area contributed by atoms with Crippen molar-refractivity contribution in [3.8, 4) is 11.8 Å². The van der Waals surface area contributed by atoms with E-state index >= 15 is 0 Å². The Morgan fingerprint density at radius 1 is 1.00 bits per heavy atom. The van der Waals surface area contributed by atoms with E-state index in [9.17, 15) is 4.79 Å². The van der Waals surface area contributed by atoms with Crippen LogP contribution in [-0.4, -0.2) is 19.2 Å². The fourth-order valence-corrected chi connectivity index (χ4v) is 4.57. The third-order valence-corrected chi connectivity index (χ3v) is 6.18. The summed E-state index contributed by atoms with van der Waals surface area (Å²) in [6.45, 7) is 1.97. The number of benzene rings is 3. The smallest absolute Gasteiger partial charge is 0.267 e. The molecule has 0 unspecified atom stereocenters. The van der Waals surface area contributed by atoms with E-state index in [0.29, 0.717) is 27.6 Å². The normalized spacial score (nSPS) is 11.1. The second-order valence-electron chi connectivity index (χ2n) is 7.16. The molecular formula is C24H17N5OS. The fourth-order valence-electron chi connectivity index (χ4n) is 3.68. The van der Waals surface area contributed by atoms with Gasteiger partial charge >= 0.3 is 0 Å². The lowest BCUT2D eigenvalue weighted by Crippen LogP contribution is -2.22. The highest BCUT2D eigenvalue weighted by Crippen LogP contribution is 2.26. The summed E-state index contributed by atoms with van der Waals surface area (Å²) < 4.78 is 3.56. The Labute approximate surface area is 182 Å². The van der Waals surface area contributed by atoms with Crippen LogP contribution in [0.5, 0.6) is 0 Å². The molecule has 3 aromatic carbocycles. The van der Waals surface area contributed by atoms with Crippen LogP contribution in [0.1, 0.15) is 16.7 Å². The van der Waals surface area contributed by atoms with Gasteiger partial charge in [0.25, 0.3) is 5.56 Å². The molecule has 6 nitrogen and oxygen atoms in total. The maximum absolute atomic E-state index is 13.4. The fraction of sp³-hybridized carbons (Fsp3) is 0.0833. The summed E-state index contributed by atoms with van der Waals surface area (Å²) in [5.74, 6) is 1.11. The second kappa shape index (κ2) is 7.74. The molecular weight excluding hydrogens is 406 g/mol. The quantitative estimate of drug-likeness (QED) is 0.398. The number of fused-ring (bicyclic) bond motifs is 3. The highest BCUT2D eigenvalue weighted by atomic mass is 32.2. The van der Waals surface area contributed by atoms with Crippen molar-refractivity contribution < 1.29 is 0 Å². The molecule has 0 bridgehead atoms. The average molecular weight is 424 g/mol. The van der Waals surface area contributed by atoms with E-state index < -0.39 is 0 Å². The Balaban J connectivity index is 1.71. The van der Waals surface area contributed by atoms with Crippen LogP contribution in [0.15, 0.2) is 82.7 Å². The van der Waals surface area contributed by atoms with Crippen LogP contribution in [0.2, 0.25) is 0 Å². The zero-order valence-corrected chi connectivity index (χ0v) is 17.5. The number of nitrogens with zero attached hydrogens (tertiary/aromatic N) is 5. The van der Waals surface area contributed by atoms with Crippen LogP contribution in [-0.2, 0) is 5.75 Å². The SMILES string of the molecule is Cc1ccccc1-n1c(=O)c2ccccc2n2c(SCc3cccc(C#N)c3)nnc12. The summed E-state index contributed by atoms with van der Waals surface area (Å²) in [5, 5.41) is 19.2. The summed E-state index contributed by atoms with van der Waals surface area (Å²) in [7, 11) is 0. The van der Waals surface area contributed by atoms with Gasteiger partial charge < -0.3 is 0 Å². The number of aryl methyl sites for hydroxylation is 1. The minimum Gasteiger partial charge on any atom is -0.268 e. The third-order valence-electron chi connectivity index (χ3n) is 5.18. The highest BCUT2D eigenvalue weighted by Gasteiger charge is 2.18. The molecule has 5 rings (SSSR count). The topological polar surface area (TPSA) is 76.0 Å². The average Bonchev–Trinajstić information content (AvgIpc) is 3.23. The summed E-state index contributed by atoms with van der Waals surface area (Å²) in [5.41, 5.74) is 4.07. The van der Waals surface area contributed by atoms with E-state index in [1.165, 1.54) is 11.8 Å². The van der Waals surface area contributed by atoms with Crippen molar-refractivity contribution in [1.82, 2.24) is 19.2 Å². The zero-order chi connectivity index (χ0) is 21.4. The lowest BCUT2D eigenvalue weighted by molar-refractivity contribution is 0.928. The Morgan fingerprint density at radius 3 is 2.65 bits per heavy atom. The molecule has 150 valence electrons. The van der Waals surface area contributed by atoms with Crippen LogP contribution >= 0.6 is 11.8 Å². The molecule has 0 saturated heterocycles. The lowest BCUT2D eigenvalue weighted by Gasteiger charge is -2.13. The number of thioether (sulfide) groups is 1. The lowest BCUT2D eigenvalue weighted by atomic mass is 10.2. The first-order valence-electron chi connectivity index (χ1n) is 9.74. The molecule has 0 aliphatic rings. The summed E-state index contributed by atoms with van der Waals surface area (Å²) in [4.78, 5) is 13.4. The molecule has 0 fully saturated rings. The van der Waals surface area contributed by atoms with Crippen molar-refractivity contribution in [2.75, 3.05) is 0 Å². The highest BCUT2D eigenvalue weighted by molar-refractivity contribution is 7.98. The van der Waals surface area contributed by atoms with Gasteiger partial charge in [-0.1, -0.05) is 54.2 Å². The summed E-state index contributed by atoms with van der Waals surface area (Å²) in [6.07, 6.45) is 0. The van der Waals surface area contributed by atoms with E-state index in [1.54, 1.807) is 10.6 Å². The van der Waals surface area contributed by atoms with Crippen LogP contribution in [0.4, 0.5) is 0 Å². The van der Waals surface area contributed by atoms with Gasteiger partial charge in [-0.05, 0) is 48.4 Å². The van der Waals surface area contributed by atoms with Crippen LogP contribution in [0, 0.1) is 18.3 Å². The molecule has 0 aliphatic carbocycles. The Hall–Kier alpha value is -3.89. The first kappa shape index (κ1) is 19.1. The molecule has 0 saturated carbocycles. The first-order chi connectivity index (χ1) is 15.2. The monoisotopic (exact) mass is 423 g/mol. The standard InChI is InChI=1S/C24H17N5OS/c1-16-7-2-4-11-20(16)28-22(30)19-10-3-5-12-21(19)29-23(28)26-27-24(29)31-15-18-9-6-8-17(13-18)14-25/h2-13H,15H2,1H3. The van der Waals surface area contributed by atoms with Crippen molar-refractivity contribution in [3.05, 3.63) is 99.8 Å². The van der Waals surface area contributed by atoms with Gasteiger partial charge in [0, 0.05) is 5.75 Å². The maximum Gasteiger partial charge on any atom is 0.267 e. The van der Waals surface area contributed by atoms with Crippen molar-refractivity contribution in [3.63, 3.8) is 0 Å². The first-order valence-corrected chi connectivity index (χ1v) is 10.7. The molecule has 0 N–H and O–H groups in total. The molecule has 31 heavy (non-hydrogen) atoms. The minimum atomic E-state index is -0.122. The predicted molar refractivity (Wildman–Crippen MR) is 122 cm³/mol. The molecule has 0 atom stereocenters. The van der Waals surface area contributed by atoms with E-state index in [1.807, 2.05) is 78.1 Å². The number of nitriles is 1. The van der Waals surface area contributed by atoms with Crippen LogP contribution < -0.4 is 5.56 Å². The minimum absolute atomic E-state index is 0.122. The van der Waals surface area contributed by atoms with Gasteiger partial charge in [0.1, 0.15) is 0 Å². The van der Waals surface area contributed by atoms with E-state index in [0.717, 1.165) is 22.3 Å². The number of hydrogen-bond donors (Lipinski definition) is 0. The van der Waals surface area contributed by atoms with Gasteiger partial charge in [0.2, 0.25) is 5.78 Å². The van der Waals surface area contributed by atoms with Crippen LogP contribution in [0.25, 0.3) is 22.4 Å². The molecule has 0 radical (unpaired) electrons. The summed E-state index contributed by atoms with van der Waals surface area (Å²) in [6, 6.07) is 25.0. The van der Waals surface area contributed by atoms with Gasteiger partial charge in [-0.3, -0.25) is 9.20 Å². The molecule has 2 heterocycles. The van der Waals surface area contributed by atoms with Gasteiger partial charge in [-0.25, -0.2) is 4.57 Å². The number of hydrogen-bond acceptors (Lipinski definition) is 5. The third kappa shape index (κ3) is 3.27. The van der Waals surface area contributed by atoms with Crippen molar-refractivity contribution in [2.45, 2.75) is 17.8 Å². The van der Waals surface area contributed by atoms with Crippen molar-refractivity contribution in [1.29, 1.82) is 5.26 Å². The van der Waals surface area contributed by atoms with Crippen LogP contribution in [0.3, 0.4) is 0 Å². The molecule has 7 heteroatoms. The Kier molecular flexibility index (Phi) is 4.77. The zero-order valence-electron chi connectivity index (χ0n) is 16.7. The van der Waals surface area contributed by atoms with E-state index in [2.05, 4.69) is 16.3 Å². The van der Waals surface area contributed by atoms with E-state index in [4.69, 9.17) is 5.26 Å². The second-order valence-corrected chi connectivity index (χ2v) is 8.11. The Bertz CT molecular complexity index is 1540. The van der Waals surface area contributed by atoms with Crippen molar-refractivity contribution in [2.24, 2.45) is 0 Å².